The average molecular weight is 139 g/mol. The van der Waals surface area contributed by atoms with Gasteiger partial charge in [0.15, 0.2) is 0 Å². The van der Waals surface area contributed by atoms with E-state index in [9.17, 15) is 9.18 Å². The summed E-state index contributed by atoms with van der Waals surface area (Å²) in [7, 11) is 0. The van der Waals surface area contributed by atoms with Gasteiger partial charge in [0.05, 0.1) is 6.20 Å². The first kappa shape index (κ1) is 6.67. The number of carbonyl (C=O) groups excluding carboxylic acids is 1. The van der Waals surface area contributed by atoms with Crippen LogP contribution in [0.5, 0.6) is 0 Å². The monoisotopic (exact) mass is 139 g/mol. The summed E-state index contributed by atoms with van der Waals surface area (Å²) in [4.78, 5) is 13.8. The summed E-state index contributed by atoms with van der Waals surface area (Å²) in [6.07, 6.45) is 0.945. The highest BCUT2D eigenvalue weighted by Crippen LogP contribution is 1.95. The molecule has 0 aromatic carbocycles. The van der Waals surface area contributed by atoms with Gasteiger partial charge >= 0.3 is 0 Å². The fourth-order valence-electron chi connectivity index (χ4n) is 0.522. The molecule has 1 aromatic rings. The highest BCUT2D eigenvalue weighted by atomic mass is 18.2. The van der Waals surface area contributed by atoms with E-state index in [0.29, 0.717) is 0 Å². The lowest BCUT2D eigenvalue weighted by Gasteiger charge is -1.90. The number of carbonyl (C=O) groups is 1. The van der Waals surface area contributed by atoms with Crippen LogP contribution in [0.2, 0.25) is 0 Å². The number of hydrogen-bond acceptors (Lipinski definition) is 2. The molecule has 0 atom stereocenters. The maximum atomic E-state index is 12.1. The first-order valence-corrected chi connectivity index (χ1v) is 2.61. The van der Waals surface area contributed by atoms with Crippen molar-refractivity contribution < 1.29 is 9.18 Å². The summed E-state index contributed by atoms with van der Waals surface area (Å²) >= 11 is 0. The van der Waals surface area contributed by atoms with Crippen LogP contribution in [-0.4, -0.2) is 10.9 Å². The summed E-state index contributed by atoms with van der Waals surface area (Å²) in [6.45, 7) is 0. The largest absolute Gasteiger partial charge is 0.364 e. The highest BCUT2D eigenvalue weighted by Gasteiger charge is 1.99. The number of pyridine rings is 1. The molecule has 0 fully saturated rings. The van der Waals surface area contributed by atoms with Crippen LogP contribution < -0.4 is 5.73 Å². The van der Waals surface area contributed by atoms with Gasteiger partial charge in [-0.15, -0.1) is 0 Å². The van der Waals surface area contributed by atoms with Crippen LogP contribution in [0.1, 0.15) is 10.5 Å². The summed E-state index contributed by atoms with van der Waals surface area (Å²) < 4.78 is 12.1. The molecule has 0 unspecified atom stereocenters. The third kappa shape index (κ3) is 1.28. The molecule has 1 amide bonds. The Balaban J connectivity index is 3.00. The molecule has 1 aromatic heterocycles. The Kier molecular flexibility index (Phi) is 1.62. The molecule has 0 bridgehead atoms. The molecule has 1 rings (SSSR count). The Bertz CT molecular complexity index is 244. The predicted molar refractivity (Wildman–Crippen MR) is 32.7 cm³/mol. The fraction of sp³-hybridized carbons (Fsp3) is 0. The lowest BCUT2D eigenvalue weighted by molar-refractivity contribution is 0.0995. The van der Waals surface area contributed by atoms with Gasteiger partial charge in [-0.2, -0.15) is 0 Å². The van der Waals surface area contributed by atoms with Gasteiger partial charge < -0.3 is 5.73 Å². The smallest absolute Gasteiger partial charge is 0.267 e. The van der Waals surface area contributed by atoms with Crippen molar-refractivity contribution in [1.29, 1.82) is 0 Å². The van der Waals surface area contributed by atoms with Crippen LogP contribution in [0.15, 0.2) is 18.3 Å². The highest BCUT2D eigenvalue weighted by molar-refractivity contribution is 5.90. The molecule has 2 N–H and O–H groups in total. The summed E-state index contributed by atoms with van der Waals surface area (Å²) in [5.74, 6) is -1.13. The van der Waals surface area contributed by atoms with Crippen molar-refractivity contribution in [3.63, 3.8) is 0 Å². The second-order valence-corrected chi connectivity index (χ2v) is 1.73. The molecule has 4 heteroatoms. The lowest BCUT2D eigenvalue weighted by atomic mass is 10.3. The van der Waals surface area contributed by atoms with Crippen molar-refractivity contribution in [3.8, 4) is 0 Å². The molecule has 0 aliphatic rings. The summed E-state index contributed by atoms with van der Waals surface area (Å²) in [5.41, 5.74) is 4.91. The molecule has 10 heavy (non-hydrogen) atoms. The molecule has 3 nitrogen and oxygen atoms in total. The SMILES string of the molecule is NC(=O)c1ccc([18F])cn1. The summed E-state index contributed by atoms with van der Waals surface area (Å²) in [5, 5.41) is 0. The van der Waals surface area contributed by atoms with Crippen LogP contribution >= 0.6 is 0 Å². The van der Waals surface area contributed by atoms with Gasteiger partial charge in [0, 0.05) is 0 Å². The molecule has 0 saturated carbocycles. The molecule has 0 aliphatic heterocycles. The Morgan fingerprint density at radius 2 is 2.30 bits per heavy atom. The number of halogens is 1. The second kappa shape index (κ2) is 2.43. The number of nitrogens with zero attached hydrogens (tertiary/aromatic N) is 1. The maximum Gasteiger partial charge on any atom is 0.267 e. The molecule has 0 radical (unpaired) electrons. The van der Waals surface area contributed by atoms with E-state index in [1.54, 1.807) is 0 Å². The van der Waals surface area contributed by atoms with Crippen molar-refractivity contribution in [2.24, 2.45) is 5.73 Å². The topological polar surface area (TPSA) is 56.0 Å². The van der Waals surface area contributed by atoms with Gasteiger partial charge in [0.2, 0.25) is 0 Å². The number of hydrogen-bond donors (Lipinski definition) is 1. The van der Waals surface area contributed by atoms with Crippen LogP contribution in [-0.2, 0) is 0 Å². The first-order valence-electron chi connectivity index (χ1n) is 2.61. The molecule has 0 aliphatic carbocycles. The third-order valence-corrected chi connectivity index (χ3v) is 0.980. The van der Waals surface area contributed by atoms with Crippen LogP contribution in [0.4, 0.5) is 4.39 Å². The van der Waals surface area contributed by atoms with E-state index in [-0.39, 0.29) is 5.69 Å². The average Bonchev–Trinajstić information content (AvgIpc) is 1.88. The number of aromatic nitrogens is 1. The van der Waals surface area contributed by atoms with Gasteiger partial charge in [-0.3, -0.25) is 4.79 Å². The second-order valence-electron chi connectivity index (χ2n) is 1.73. The van der Waals surface area contributed by atoms with Crippen LogP contribution in [0.25, 0.3) is 0 Å². The third-order valence-electron chi connectivity index (χ3n) is 0.980. The number of amides is 1. The zero-order valence-electron chi connectivity index (χ0n) is 5.04. The maximum absolute atomic E-state index is 12.1. The number of rotatable bonds is 1. The Hall–Kier alpha value is -1.45. The standard InChI is InChI=1S/C6H5FN2O/c7-4-1-2-5(6(8)10)9-3-4/h1-3H,(H2,8,10)/i7-1. The van der Waals surface area contributed by atoms with Crippen molar-refractivity contribution >= 4 is 5.91 Å². The quantitative estimate of drug-likeness (QED) is 0.609. The fourth-order valence-corrected chi connectivity index (χ4v) is 0.522. The van der Waals surface area contributed by atoms with E-state index >= 15 is 0 Å². The normalized spacial score (nSPS) is 9.30. The lowest BCUT2D eigenvalue weighted by Crippen LogP contribution is -2.12. The van der Waals surface area contributed by atoms with Crippen LogP contribution in [0.3, 0.4) is 0 Å². The van der Waals surface area contributed by atoms with Gasteiger partial charge in [-0.1, -0.05) is 0 Å². The molecular formula is C6H5FN2O. The number of nitrogens with two attached hydrogens (primary N) is 1. The van der Waals surface area contributed by atoms with Crippen molar-refractivity contribution in [3.05, 3.63) is 29.8 Å². The molecule has 0 spiro atoms. The number of primary amides is 1. The molecule has 0 saturated heterocycles. The minimum atomic E-state index is -0.653. The summed E-state index contributed by atoms with van der Waals surface area (Å²) in [6, 6.07) is 2.37. The van der Waals surface area contributed by atoms with E-state index in [0.717, 1.165) is 12.3 Å². The Morgan fingerprint density at radius 1 is 1.60 bits per heavy atom. The predicted octanol–water partition coefficient (Wildman–Crippen LogP) is 0.320. The van der Waals surface area contributed by atoms with Crippen LogP contribution in [0, 0.1) is 5.82 Å². The van der Waals surface area contributed by atoms with Gasteiger partial charge in [-0.05, 0) is 12.1 Å². The minimum Gasteiger partial charge on any atom is -0.364 e. The van der Waals surface area contributed by atoms with E-state index in [1.165, 1.54) is 6.07 Å². The Labute approximate surface area is 56.7 Å². The van der Waals surface area contributed by atoms with E-state index in [4.69, 9.17) is 5.73 Å². The first-order chi connectivity index (χ1) is 4.70. The van der Waals surface area contributed by atoms with Gasteiger partial charge in [0.25, 0.3) is 5.91 Å². The Morgan fingerprint density at radius 3 is 2.70 bits per heavy atom. The molecule has 1 heterocycles. The zero-order valence-corrected chi connectivity index (χ0v) is 5.04. The van der Waals surface area contributed by atoms with E-state index in [1.807, 2.05) is 0 Å². The van der Waals surface area contributed by atoms with Crippen molar-refractivity contribution in [2.75, 3.05) is 0 Å². The van der Waals surface area contributed by atoms with E-state index in [2.05, 4.69) is 4.98 Å². The van der Waals surface area contributed by atoms with Gasteiger partial charge in [-0.25, -0.2) is 9.37 Å². The van der Waals surface area contributed by atoms with Gasteiger partial charge in [0.1, 0.15) is 11.5 Å². The molecule has 52 valence electrons. The molecular weight excluding hydrogens is 134 g/mol. The zero-order chi connectivity index (χ0) is 7.56. The van der Waals surface area contributed by atoms with Crippen molar-refractivity contribution in [1.82, 2.24) is 4.98 Å². The van der Waals surface area contributed by atoms with E-state index < -0.39 is 11.7 Å². The van der Waals surface area contributed by atoms with Crippen molar-refractivity contribution in [2.45, 2.75) is 0 Å². The minimum absolute atomic E-state index is 0.0707.